The van der Waals surface area contributed by atoms with Crippen LogP contribution in [0.5, 0.6) is 0 Å². The standard InChI is InChI=1S/C12H10Cl2N2O4/c1-12(2)19-10(17)6(11(18)20-12)4-15-8-5-16-9(14)3-7(8)13/h3-5,15H,1-2H3. The van der Waals surface area contributed by atoms with Crippen LogP contribution in [-0.4, -0.2) is 22.7 Å². The number of halogens is 2. The van der Waals surface area contributed by atoms with Crippen LogP contribution >= 0.6 is 23.2 Å². The number of ether oxygens (including phenoxy) is 2. The van der Waals surface area contributed by atoms with Crippen LogP contribution in [0.3, 0.4) is 0 Å². The normalized spacial score (nSPS) is 17.3. The summed E-state index contributed by atoms with van der Waals surface area (Å²) < 4.78 is 9.87. The van der Waals surface area contributed by atoms with Crippen LogP contribution in [0, 0.1) is 0 Å². The number of hydrogen-bond donors (Lipinski definition) is 1. The molecule has 0 bridgehead atoms. The second-order valence-electron chi connectivity index (χ2n) is 4.37. The first kappa shape index (κ1) is 14.6. The van der Waals surface area contributed by atoms with Crippen molar-refractivity contribution in [2.24, 2.45) is 0 Å². The quantitative estimate of drug-likeness (QED) is 0.391. The van der Waals surface area contributed by atoms with Crippen LogP contribution in [0.25, 0.3) is 0 Å². The first-order chi connectivity index (χ1) is 9.28. The smallest absolute Gasteiger partial charge is 0.350 e. The Hall–Kier alpha value is -1.79. The number of hydrogen-bond acceptors (Lipinski definition) is 6. The highest BCUT2D eigenvalue weighted by Gasteiger charge is 2.38. The average molecular weight is 317 g/mol. The zero-order chi connectivity index (χ0) is 14.9. The van der Waals surface area contributed by atoms with Crippen molar-refractivity contribution in [1.82, 2.24) is 4.98 Å². The minimum absolute atomic E-state index is 0.228. The van der Waals surface area contributed by atoms with Gasteiger partial charge >= 0.3 is 11.9 Å². The van der Waals surface area contributed by atoms with Crippen LogP contribution in [0.2, 0.25) is 10.2 Å². The summed E-state index contributed by atoms with van der Waals surface area (Å²) in [5.74, 6) is -2.83. The summed E-state index contributed by atoms with van der Waals surface area (Å²) >= 11 is 11.6. The third-order valence-corrected chi connectivity index (χ3v) is 2.83. The number of aromatic nitrogens is 1. The van der Waals surface area contributed by atoms with Crippen molar-refractivity contribution in [3.8, 4) is 0 Å². The van der Waals surface area contributed by atoms with Crippen LogP contribution < -0.4 is 5.32 Å². The second-order valence-corrected chi connectivity index (χ2v) is 5.16. The van der Waals surface area contributed by atoms with Crippen LogP contribution in [0.4, 0.5) is 5.69 Å². The minimum Gasteiger partial charge on any atom is -0.419 e. The molecule has 2 rings (SSSR count). The number of nitrogens with zero attached hydrogens (tertiary/aromatic N) is 1. The lowest BCUT2D eigenvalue weighted by Gasteiger charge is -2.29. The van der Waals surface area contributed by atoms with Gasteiger partial charge in [-0.2, -0.15) is 0 Å². The van der Waals surface area contributed by atoms with E-state index in [0.29, 0.717) is 10.7 Å². The van der Waals surface area contributed by atoms with E-state index in [0.717, 1.165) is 6.20 Å². The van der Waals surface area contributed by atoms with E-state index < -0.39 is 17.7 Å². The molecule has 1 N–H and O–H groups in total. The third kappa shape index (κ3) is 3.20. The lowest BCUT2D eigenvalue weighted by atomic mass is 10.2. The van der Waals surface area contributed by atoms with Crippen molar-refractivity contribution in [3.05, 3.63) is 34.2 Å². The zero-order valence-corrected chi connectivity index (χ0v) is 12.1. The van der Waals surface area contributed by atoms with Gasteiger partial charge in [0.2, 0.25) is 0 Å². The van der Waals surface area contributed by atoms with E-state index in [9.17, 15) is 9.59 Å². The Balaban J connectivity index is 2.19. The van der Waals surface area contributed by atoms with Gasteiger partial charge in [0, 0.05) is 20.0 Å². The Morgan fingerprint density at radius 3 is 2.40 bits per heavy atom. The van der Waals surface area contributed by atoms with Crippen molar-refractivity contribution in [2.45, 2.75) is 19.6 Å². The molecule has 0 aliphatic carbocycles. The molecule has 1 aliphatic heterocycles. The molecule has 0 unspecified atom stereocenters. The van der Waals surface area contributed by atoms with E-state index in [1.165, 1.54) is 26.1 Å². The molecular formula is C12H10Cl2N2O4. The van der Waals surface area contributed by atoms with E-state index in [4.69, 9.17) is 32.7 Å². The number of rotatable bonds is 2. The van der Waals surface area contributed by atoms with Gasteiger partial charge in [-0.15, -0.1) is 0 Å². The Kier molecular flexibility index (Phi) is 3.87. The van der Waals surface area contributed by atoms with Crippen molar-refractivity contribution >= 4 is 40.8 Å². The zero-order valence-electron chi connectivity index (χ0n) is 10.6. The number of pyridine rings is 1. The maximum absolute atomic E-state index is 11.7. The molecule has 1 aromatic rings. The fourth-order valence-corrected chi connectivity index (χ4v) is 1.86. The predicted molar refractivity (Wildman–Crippen MR) is 72.2 cm³/mol. The van der Waals surface area contributed by atoms with E-state index in [-0.39, 0.29) is 10.7 Å². The van der Waals surface area contributed by atoms with Gasteiger partial charge in [-0.3, -0.25) is 0 Å². The number of carbonyl (C=O) groups excluding carboxylic acids is 2. The second kappa shape index (κ2) is 5.30. The molecule has 0 aromatic carbocycles. The molecule has 0 saturated carbocycles. The van der Waals surface area contributed by atoms with Gasteiger partial charge in [0.05, 0.1) is 16.9 Å². The lowest BCUT2D eigenvalue weighted by Crippen LogP contribution is -2.42. The molecule has 0 radical (unpaired) electrons. The molecule has 2 heterocycles. The SMILES string of the molecule is CC1(C)OC(=O)C(=CNc2cnc(Cl)cc2Cl)C(=O)O1. The highest BCUT2D eigenvalue weighted by molar-refractivity contribution is 6.35. The molecule has 0 spiro atoms. The van der Waals surface area contributed by atoms with Gasteiger partial charge in [-0.1, -0.05) is 23.2 Å². The monoisotopic (exact) mass is 316 g/mol. The van der Waals surface area contributed by atoms with Gasteiger partial charge in [-0.25, -0.2) is 14.6 Å². The minimum atomic E-state index is -1.27. The highest BCUT2D eigenvalue weighted by Crippen LogP contribution is 2.25. The largest absolute Gasteiger partial charge is 0.419 e. The van der Waals surface area contributed by atoms with Gasteiger partial charge in [0.25, 0.3) is 5.79 Å². The summed E-state index contributed by atoms with van der Waals surface area (Å²) in [6.45, 7) is 2.93. The fourth-order valence-electron chi connectivity index (χ4n) is 1.44. The van der Waals surface area contributed by atoms with Gasteiger partial charge in [-0.05, 0) is 6.07 Å². The summed E-state index contributed by atoms with van der Waals surface area (Å²) in [5, 5.41) is 3.20. The summed E-state index contributed by atoms with van der Waals surface area (Å²) in [5.41, 5.74) is 0.115. The Labute approximate surface area is 124 Å². The van der Waals surface area contributed by atoms with E-state index in [1.54, 1.807) is 0 Å². The number of cyclic esters (lactones) is 2. The van der Waals surface area contributed by atoms with Crippen molar-refractivity contribution in [1.29, 1.82) is 0 Å². The summed E-state index contributed by atoms with van der Waals surface area (Å²) in [7, 11) is 0. The topological polar surface area (TPSA) is 77.5 Å². The molecule has 8 heteroatoms. The van der Waals surface area contributed by atoms with Gasteiger partial charge < -0.3 is 14.8 Å². The average Bonchev–Trinajstić information content (AvgIpc) is 2.28. The van der Waals surface area contributed by atoms with Crippen LogP contribution in [-0.2, 0) is 19.1 Å². The molecule has 0 amide bonds. The molecular weight excluding hydrogens is 307 g/mol. The Morgan fingerprint density at radius 1 is 1.25 bits per heavy atom. The van der Waals surface area contributed by atoms with Crippen molar-refractivity contribution in [3.63, 3.8) is 0 Å². The summed E-state index contributed by atoms with van der Waals surface area (Å²) in [6, 6.07) is 1.42. The Morgan fingerprint density at radius 2 is 1.85 bits per heavy atom. The van der Waals surface area contributed by atoms with Crippen molar-refractivity contribution < 1.29 is 19.1 Å². The molecule has 1 saturated heterocycles. The maximum Gasteiger partial charge on any atom is 0.350 e. The van der Waals surface area contributed by atoms with Crippen LogP contribution in [0.15, 0.2) is 24.0 Å². The number of anilines is 1. The van der Waals surface area contributed by atoms with Gasteiger partial charge in [0.1, 0.15) is 5.15 Å². The molecule has 1 aliphatic rings. The maximum atomic E-state index is 11.7. The van der Waals surface area contributed by atoms with Gasteiger partial charge in [0.15, 0.2) is 5.57 Å². The fraction of sp³-hybridized carbons (Fsp3) is 0.250. The molecule has 6 nitrogen and oxygen atoms in total. The molecule has 0 atom stereocenters. The summed E-state index contributed by atoms with van der Waals surface area (Å²) in [6.07, 6.45) is 2.52. The third-order valence-electron chi connectivity index (χ3n) is 2.31. The number of carbonyl (C=O) groups is 2. The summed E-state index contributed by atoms with van der Waals surface area (Å²) in [4.78, 5) is 27.2. The first-order valence-electron chi connectivity index (χ1n) is 5.53. The van der Waals surface area contributed by atoms with E-state index in [1.807, 2.05) is 0 Å². The Bertz CT molecular complexity index is 591. The van der Waals surface area contributed by atoms with E-state index in [2.05, 4.69) is 10.3 Å². The predicted octanol–water partition coefficient (Wildman–Crippen LogP) is 2.52. The molecule has 106 valence electrons. The number of nitrogens with one attached hydrogen (secondary N) is 1. The first-order valence-corrected chi connectivity index (χ1v) is 6.28. The molecule has 1 aromatic heterocycles. The molecule has 20 heavy (non-hydrogen) atoms. The van der Waals surface area contributed by atoms with E-state index >= 15 is 0 Å². The van der Waals surface area contributed by atoms with Crippen LogP contribution in [0.1, 0.15) is 13.8 Å². The lowest BCUT2D eigenvalue weighted by molar-refractivity contribution is -0.222. The van der Waals surface area contributed by atoms with Crippen molar-refractivity contribution in [2.75, 3.05) is 5.32 Å². The highest BCUT2D eigenvalue weighted by atomic mass is 35.5. The molecule has 1 fully saturated rings. The number of esters is 2.